The predicted octanol–water partition coefficient (Wildman–Crippen LogP) is 3.42. The second-order valence-electron chi connectivity index (χ2n) is 5.57. The van der Waals surface area contributed by atoms with Gasteiger partial charge in [-0.05, 0) is 55.7 Å². The molecular formula is C18H20N4OS. The molecule has 124 valence electrons. The Morgan fingerprint density at radius 2 is 1.83 bits per heavy atom. The van der Waals surface area contributed by atoms with Gasteiger partial charge in [-0.1, -0.05) is 17.8 Å². The van der Waals surface area contributed by atoms with Crippen molar-refractivity contribution < 1.29 is 5.11 Å². The molecular weight excluding hydrogens is 320 g/mol. The molecule has 2 heterocycles. The summed E-state index contributed by atoms with van der Waals surface area (Å²) in [5, 5.41) is 18.6. The van der Waals surface area contributed by atoms with Gasteiger partial charge in [-0.25, -0.2) is 0 Å². The quantitative estimate of drug-likeness (QED) is 0.550. The fraction of sp³-hybridized carbons (Fsp3) is 0.278. The van der Waals surface area contributed by atoms with Crippen LogP contribution >= 0.6 is 11.8 Å². The third kappa shape index (κ3) is 3.49. The summed E-state index contributed by atoms with van der Waals surface area (Å²) in [4.78, 5) is 4.08. The minimum absolute atomic E-state index is 0.183. The van der Waals surface area contributed by atoms with E-state index in [-0.39, 0.29) is 6.61 Å². The molecule has 0 aliphatic carbocycles. The van der Waals surface area contributed by atoms with E-state index < -0.39 is 0 Å². The highest BCUT2D eigenvalue weighted by atomic mass is 32.2. The minimum atomic E-state index is 0.183. The molecule has 0 spiro atoms. The van der Waals surface area contributed by atoms with Crippen LogP contribution in [0, 0.1) is 13.8 Å². The van der Waals surface area contributed by atoms with Crippen LogP contribution in [0.4, 0.5) is 0 Å². The minimum Gasteiger partial charge on any atom is -0.396 e. The van der Waals surface area contributed by atoms with E-state index in [2.05, 4.69) is 51.8 Å². The van der Waals surface area contributed by atoms with Crippen LogP contribution < -0.4 is 0 Å². The second-order valence-corrected chi connectivity index (χ2v) is 6.63. The van der Waals surface area contributed by atoms with Crippen LogP contribution in [0.2, 0.25) is 0 Å². The number of benzene rings is 1. The topological polar surface area (TPSA) is 63.8 Å². The molecule has 0 radical (unpaired) electrons. The lowest BCUT2D eigenvalue weighted by molar-refractivity contribution is 0.296. The molecule has 24 heavy (non-hydrogen) atoms. The summed E-state index contributed by atoms with van der Waals surface area (Å²) in [6.07, 6.45) is 4.25. The molecule has 6 heteroatoms. The Kier molecular flexibility index (Phi) is 5.27. The number of pyridine rings is 1. The van der Waals surface area contributed by atoms with Crippen molar-refractivity contribution in [1.29, 1.82) is 0 Å². The number of aliphatic hydroxyl groups is 1. The molecule has 0 amide bonds. The highest BCUT2D eigenvalue weighted by Crippen LogP contribution is 2.28. The van der Waals surface area contributed by atoms with E-state index in [1.807, 2.05) is 12.1 Å². The van der Waals surface area contributed by atoms with Gasteiger partial charge in [0.2, 0.25) is 0 Å². The third-order valence-electron chi connectivity index (χ3n) is 3.85. The standard InChI is InChI=1S/C18H20N4OS/c1-13-4-5-16(12-14(13)2)22-17(15-6-8-19-9-7-15)20-21-18(22)24-11-3-10-23/h4-9,12,23H,3,10-11H2,1-2H3. The molecule has 1 aromatic carbocycles. The van der Waals surface area contributed by atoms with Gasteiger partial charge < -0.3 is 5.11 Å². The fourth-order valence-electron chi connectivity index (χ4n) is 2.38. The van der Waals surface area contributed by atoms with Crippen LogP contribution in [0.15, 0.2) is 47.9 Å². The van der Waals surface area contributed by atoms with E-state index in [1.165, 1.54) is 11.1 Å². The number of aliphatic hydroxyl groups excluding tert-OH is 1. The van der Waals surface area contributed by atoms with Crippen LogP contribution in [0.5, 0.6) is 0 Å². The van der Waals surface area contributed by atoms with Gasteiger partial charge in [0.15, 0.2) is 11.0 Å². The maximum absolute atomic E-state index is 9.02. The van der Waals surface area contributed by atoms with E-state index in [0.717, 1.165) is 34.4 Å². The van der Waals surface area contributed by atoms with Crippen molar-refractivity contribution in [1.82, 2.24) is 19.7 Å². The van der Waals surface area contributed by atoms with Crippen molar-refractivity contribution in [2.45, 2.75) is 25.4 Å². The van der Waals surface area contributed by atoms with Crippen LogP contribution in [-0.2, 0) is 0 Å². The highest BCUT2D eigenvalue weighted by Gasteiger charge is 2.16. The monoisotopic (exact) mass is 340 g/mol. The number of hydrogen-bond acceptors (Lipinski definition) is 5. The molecule has 3 aromatic rings. The largest absolute Gasteiger partial charge is 0.396 e. The zero-order valence-corrected chi connectivity index (χ0v) is 14.6. The average molecular weight is 340 g/mol. The molecule has 0 saturated carbocycles. The Balaban J connectivity index is 2.08. The molecule has 0 saturated heterocycles. The lowest BCUT2D eigenvalue weighted by Gasteiger charge is -2.12. The summed E-state index contributed by atoms with van der Waals surface area (Å²) in [6.45, 7) is 4.39. The van der Waals surface area contributed by atoms with Crippen molar-refractivity contribution in [3.63, 3.8) is 0 Å². The Labute approximate surface area is 145 Å². The molecule has 3 rings (SSSR count). The Hall–Kier alpha value is -2.18. The van der Waals surface area contributed by atoms with Crippen molar-refractivity contribution in [3.8, 4) is 17.1 Å². The highest BCUT2D eigenvalue weighted by molar-refractivity contribution is 7.99. The summed E-state index contributed by atoms with van der Waals surface area (Å²) in [5.74, 6) is 1.60. The van der Waals surface area contributed by atoms with Crippen molar-refractivity contribution in [2.75, 3.05) is 12.4 Å². The first-order valence-electron chi connectivity index (χ1n) is 7.88. The van der Waals surface area contributed by atoms with Crippen LogP contribution in [0.1, 0.15) is 17.5 Å². The molecule has 0 fully saturated rings. The summed E-state index contributed by atoms with van der Waals surface area (Å²) in [7, 11) is 0. The van der Waals surface area contributed by atoms with Crippen molar-refractivity contribution in [2.24, 2.45) is 0 Å². The zero-order valence-electron chi connectivity index (χ0n) is 13.8. The molecule has 5 nitrogen and oxygen atoms in total. The van der Waals surface area contributed by atoms with Gasteiger partial charge in [-0.2, -0.15) is 0 Å². The van der Waals surface area contributed by atoms with Gasteiger partial charge >= 0.3 is 0 Å². The van der Waals surface area contributed by atoms with Gasteiger partial charge in [0.1, 0.15) is 0 Å². The van der Waals surface area contributed by atoms with Crippen LogP contribution in [-0.4, -0.2) is 37.2 Å². The predicted molar refractivity (Wildman–Crippen MR) is 96.5 cm³/mol. The molecule has 2 aromatic heterocycles. The Bertz CT molecular complexity index is 817. The maximum atomic E-state index is 9.02. The first-order valence-corrected chi connectivity index (χ1v) is 8.86. The lowest BCUT2D eigenvalue weighted by atomic mass is 10.1. The van der Waals surface area contributed by atoms with Gasteiger partial charge in [-0.15, -0.1) is 10.2 Å². The summed E-state index contributed by atoms with van der Waals surface area (Å²) in [5.41, 5.74) is 4.51. The van der Waals surface area contributed by atoms with E-state index in [0.29, 0.717) is 0 Å². The summed E-state index contributed by atoms with van der Waals surface area (Å²) < 4.78 is 2.07. The molecule has 0 aliphatic heterocycles. The van der Waals surface area contributed by atoms with E-state index >= 15 is 0 Å². The number of aromatic nitrogens is 4. The summed E-state index contributed by atoms with van der Waals surface area (Å²) in [6, 6.07) is 10.2. The third-order valence-corrected chi connectivity index (χ3v) is 4.87. The van der Waals surface area contributed by atoms with E-state index in [1.54, 1.807) is 24.2 Å². The zero-order chi connectivity index (χ0) is 16.9. The number of aryl methyl sites for hydroxylation is 2. The number of thioether (sulfide) groups is 1. The fourth-order valence-corrected chi connectivity index (χ4v) is 3.25. The summed E-state index contributed by atoms with van der Waals surface area (Å²) >= 11 is 1.61. The number of rotatable bonds is 6. The molecule has 0 atom stereocenters. The molecule has 0 bridgehead atoms. The molecule has 0 unspecified atom stereocenters. The van der Waals surface area contributed by atoms with Gasteiger partial charge in [0, 0.05) is 30.3 Å². The molecule has 1 N–H and O–H groups in total. The van der Waals surface area contributed by atoms with Gasteiger partial charge in [-0.3, -0.25) is 9.55 Å². The van der Waals surface area contributed by atoms with Gasteiger partial charge in [0.05, 0.1) is 5.69 Å². The molecule has 0 aliphatic rings. The maximum Gasteiger partial charge on any atom is 0.196 e. The van der Waals surface area contributed by atoms with Gasteiger partial charge in [0.25, 0.3) is 0 Å². The van der Waals surface area contributed by atoms with E-state index in [4.69, 9.17) is 5.11 Å². The van der Waals surface area contributed by atoms with Crippen molar-refractivity contribution in [3.05, 3.63) is 53.9 Å². The second kappa shape index (κ2) is 7.59. The Morgan fingerprint density at radius 3 is 2.54 bits per heavy atom. The average Bonchev–Trinajstić information content (AvgIpc) is 3.02. The van der Waals surface area contributed by atoms with Crippen molar-refractivity contribution >= 4 is 11.8 Å². The Morgan fingerprint density at radius 1 is 1.04 bits per heavy atom. The number of nitrogens with zero attached hydrogens (tertiary/aromatic N) is 4. The SMILES string of the molecule is Cc1ccc(-n2c(SCCCO)nnc2-c2ccncc2)cc1C. The number of hydrogen-bond donors (Lipinski definition) is 1. The van der Waals surface area contributed by atoms with Crippen LogP contribution in [0.25, 0.3) is 17.1 Å². The first-order chi connectivity index (χ1) is 11.7. The lowest BCUT2D eigenvalue weighted by Crippen LogP contribution is -2.01. The smallest absolute Gasteiger partial charge is 0.196 e. The van der Waals surface area contributed by atoms with E-state index in [9.17, 15) is 0 Å². The normalized spacial score (nSPS) is 11.0. The first kappa shape index (κ1) is 16.7. The van der Waals surface area contributed by atoms with Crippen LogP contribution in [0.3, 0.4) is 0 Å².